The predicted molar refractivity (Wildman–Crippen MR) is 83.3 cm³/mol. The fourth-order valence-electron chi connectivity index (χ4n) is 2.67. The average Bonchev–Trinajstić information content (AvgIpc) is 2.73. The first-order valence-electron chi connectivity index (χ1n) is 7.02. The summed E-state index contributed by atoms with van der Waals surface area (Å²) in [5.74, 6) is -0.175. The number of carbonyl (C=O) groups excluding carboxylic acids is 2. The van der Waals surface area contributed by atoms with Crippen LogP contribution in [0.4, 0.5) is 10.5 Å². The van der Waals surface area contributed by atoms with Crippen molar-refractivity contribution in [2.45, 2.75) is 26.3 Å². The van der Waals surface area contributed by atoms with Crippen LogP contribution < -0.4 is 4.90 Å². The van der Waals surface area contributed by atoms with Gasteiger partial charge in [0.1, 0.15) is 6.54 Å². The normalized spacial score (nSPS) is 16.1. The summed E-state index contributed by atoms with van der Waals surface area (Å²) in [6.45, 7) is 5.94. The Morgan fingerprint density at radius 3 is 2.29 bits per heavy atom. The van der Waals surface area contributed by atoms with Gasteiger partial charge >= 0.3 is 6.03 Å². The second-order valence-electron chi connectivity index (χ2n) is 6.27. The number of urea groups is 1. The molecule has 21 heavy (non-hydrogen) atoms. The maximum atomic E-state index is 12.6. The first-order chi connectivity index (χ1) is 9.89. The van der Waals surface area contributed by atoms with Gasteiger partial charge in [-0.3, -0.25) is 4.79 Å². The zero-order valence-electron chi connectivity index (χ0n) is 12.5. The third kappa shape index (κ3) is 2.17. The first-order valence-corrected chi connectivity index (χ1v) is 7.02. The summed E-state index contributed by atoms with van der Waals surface area (Å²) in [4.78, 5) is 27.9. The third-order valence-corrected chi connectivity index (χ3v) is 3.78. The van der Waals surface area contributed by atoms with Crippen LogP contribution in [0.5, 0.6) is 0 Å². The molecule has 0 N–H and O–H groups in total. The molecule has 3 rings (SSSR count). The van der Waals surface area contributed by atoms with Gasteiger partial charge in [-0.15, -0.1) is 0 Å². The lowest BCUT2D eigenvalue weighted by Crippen LogP contribution is -2.44. The van der Waals surface area contributed by atoms with Crippen molar-refractivity contribution >= 4 is 28.4 Å². The number of imide groups is 1. The smallest absolute Gasteiger partial charge is 0.310 e. The van der Waals surface area contributed by atoms with Gasteiger partial charge in [0, 0.05) is 10.9 Å². The van der Waals surface area contributed by atoms with Crippen LogP contribution in [0.25, 0.3) is 10.8 Å². The summed E-state index contributed by atoms with van der Waals surface area (Å²) in [6, 6.07) is 13.2. The van der Waals surface area contributed by atoms with E-state index in [0.717, 1.165) is 10.8 Å². The minimum atomic E-state index is -0.369. The van der Waals surface area contributed by atoms with Crippen LogP contribution in [0.1, 0.15) is 20.8 Å². The summed E-state index contributed by atoms with van der Waals surface area (Å²) in [6.07, 6.45) is 0. The molecule has 1 fully saturated rings. The molecule has 4 nitrogen and oxygen atoms in total. The minimum absolute atomic E-state index is 0.131. The molecule has 2 aromatic rings. The van der Waals surface area contributed by atoms with Gasteiger partial charge in [0.05, 0.1) is 5.69 Å². The molecule has 2 aromatic carbocycles. The van der Waals surface area contributed by atoms with Gasteiger partial charge in [0.2, 0.25) is 0 Å². The molecular weight excluding hydrogens is 264 g/mol. The molecule has 3 amide bonds. The molecule has 4 heteroatoms. The van der Waals surface area contributed by atoms with Gasteiger partial charge in [0.15, 0.2) is 0 Å². The maximum Gasteiger partial charge on any atom is 0.332 e. The molecular formula is C17H18N2O2. The average molecular weight is 282 g/mol. The molecule has 1 aliphatic rings. The number of hydrogen-bond donors (Lipinski definition) is 0. The molecule has 0 saturated carbocycles. The number of benzene rings is 2. The lowest BCUT2D eigenvalue weighted by Gasteiger charge is -2.30. The lowest BCUT2D eigenvalue weighted by atomic mass is 10.1. The van der Waals surface area contributed by atoms with E-state index in [1.165, 1.54) is 4.90 Å². The van der Waals surface area contributed by atoms with Crippen LogP contribution in [0.2, 0.25) is 0 Å². The summed E-state index contributed by atoms with van der Waals surface area (Å²) >= 11 is 0. The number of hydrogen-bond acceptors (Lipinski definition) is 2. The molecule has 0 aliphatic carbocycles. The summed E-state index contributed by atoms with van der Waals surface area (Å²) in [5.41, 5.74) is 0.293. The van der Waals surface area contributed by atoms with Gasteiger partial charge in [-0.2, -0.15) is 0 Å². The molecule has 0 aromatic heterocycles. The molecule has 108 valence electrons. The van der Waals surface area contributed by atoms with Crippen molar-refractivity contribution in [1.82, 2.24) is 4.90 Å². The summed E-state index contributed by atoms with van der Waals surface area (Å²) < 4.78 is 0. The number of nitrogens with zero attached hydrogens (tertiary/aromatic N) is 2. The van der Waals surface area contributed by atoms with E-state index in [-0.39, 0.29) is 24.0 Å². The quantitative estimate of drug-likeness (QED) is 0.752. The molecule has 1 heterocycles. The van der Waals surface area contributed by atoms with Crippen molar-refractivity contribution in [2.24, 2.45) is 0 Å². The molecule has 1 aliphatic heterocycles. The summed E-state index contributed by atoms with van der Waals surface area (Å²) in [7, 11) is 0. The SMILES string of the molecule is CC(C)(C)N1CC(=O)N(c2cccc3ccccc23)C1=O. The third-order valence-electron chi connectivity index (χ3n) is 3.78. The van der Waals surface area contributed by atoms with E-state index >= 15 is 0 Å². The second-order valence-corrected chi connectivity index (χ2v) is 6.27. The number of anilines is 1. The van der Waals surface area contributed by atoms with E-state index in [1.807, 2.05) is 63.2 Å². The summed E-state index contributed by atoms with van der Waals surface area (Å²) in [5, 5.41) is 1.93. The molecule has 0 spiro atoms. The van der Waals surface area contributed by atoms with Crippen molar-refractivity contribution in [3.05, 3.63) is 42.5 Å². The molecule has 0 unspecified atom stereocenters. The lowest BCUT2D eigenvalue weighted by molar-refractivity contribution is -0.117. The molecule has 0 radical (unpaired) electrons. The molecule has 0 atom stereocenters. The molecule has 1 saturated heterocycles. The van der Waals surface area contributed by atoms with Crippen molar-refractivity contribution < 1.29 is 9.59 Å². The first kappa shape index (κ1) is 13.6. The zero-order chi connectivity index (χ0) is 15.2. The standard InChI is InChI=1S/C17H18N2O2/c1-17(2,3)18-11-15(20)19(16(18)21)14-10-6-8-12-7-4-5-9-13(12)14/h4-10H,11H2,1-3H3. The van der Waals surface area contributed by atoms with E-state index in [2.05, 4.69) is 0 Å². The largest absolute Gasteiger partial charge is 0.332 e. The van der Waals surface area contributed by atoms with Crippen LogP contribution in [0.15, 0.2) is 42.5 Å². The zero-order valence-corrected chi connectivity index (χ0v) is 12.5. The monoisotopic (exact) mass is 282 g/mol. The van der Waals surface area contributed by atoms with Gasteiger partial charge < -0.3 is 4.90 Å². The minimum Gasteiger partial charge on any atom is -0.310 e. The number of amides is 3. The Morgan fingerprint density at radius 1 is 0.952 bits per heavy atom. The Labute approximate surface area is 124 Å². The highest BCUT2D eigenvalue weighted by atomic mass is 16.2. The van der Waals surface area contributed by atoms with Gasteiger partial charge in [-0.1, -0.05) is 36.4 Å². The van der Waals surface area contributed by atoms with Gasteiger partial charge in [-0.05, 0) is 32.2 Å². The predicted octanol–water partition coefficient (Wildman–Crippen LogP) is 3.41. The van der Waals surface area contributed by atoms with Crippen LogP contribution in [-0.2, 0) is 4.79 Å². The van der Waals surface area contributed by atoms with Gasteiger partial charge in [0.25, 0.3) is 5.91 Å². The van der Waals surface area contributed by atoms with Gasteiger partial charge in [-0.25, -0.2) is 9.69 Å². The Balaban J connectivity index is 2.11. The highest BCUT2D eigenvalue weighted by molar-refractivity contribution is 6.23. The van der Waals surface area contributed by atoms with Crippen molar-refractivity contribution in [3.8, 4) is 0 Å². The highest BCUT2D eigenvalue weighted by Gasteiger charge is 2.42. The fourth-order valence-corrected chi connectivity index (χ4v) is 2.67. The van der Waals surface area contributed by atoms with E-state index < -0.39 is 0 Å². The van der Waals surface area contributed by atoms with E-state index in [4.69, 9.17) is 0 Å². The Hall–Kier alpha value is -2.36. The van der Waals surface area contributed by atoms with Crippen molar-refractivity contribution in [1.29, 1.82) is 0 Å². The van der Waals surface area contributed by atoms with Crippen LogP contribution >= 0.6 is 0 Å². The van der Waals surface area contributed by atoms with Crippen LogP contribution in [-0.4, -0.2) is 28.9 Å². The van der Waals surface area contributed by atoms with Crippen molar-refractivity contribution in [3.63, 3.8) is 0 Å². The highest BCUT2D eigenvalue weighted by Crippen LogP contribution is 2.31. The van der Waals surface area contributed by atoms with Crippen LogP contribution in [0.3, 0.4) is 0 Å². The Morgan fingerprint density at radius 2 is 1.62 bits per heavy atom. The fraction of sp³-hybridized carbons (Fsp3) is 0.294. The topological polar surface area (TPSA) is 40.6 Å². The number of rotatable bonds is 1. The maximum absolute atomic E-state index is 12.6. The van der Waals surface area contributed by atoms with E-state index in [9.17, 15) is 9.59 Å². The number of carbonyl (C=O) groups is 2. The second kappa shape index (κ2) is 4.58. The van der Waals surface area contributed by atoms with Crippen molar-refractivity contribution in [2.75, 3.05) is 11.4 Å². The van der Waals surface area contributed by atoms with E-state index in [1.54, 1.807) is 4.90 Å². The van der Waals surface area contributed by atoms with E-state index in [0.29, 0.717) is 5.69 Å². The molecule has 0 bridgehead atoms. The van der Waals surface area contributed by atoms with Crippen LogP contribution in [0, 0.1) is 0 Å². The Kier molecular flexibility index (Phi) is 2.97. The Bertz CT molecular complexity index is 726. The number of fused-ring (bicyclic) bond motifs is 1.